The lowest BCUT2D eigenvalue weighted by Gasteiger charge is -2.30. The second-order valence-corrected chi connectivity index (χ2v) is 7.17. The summed E-state index contributed by atoms with van der Waals surface area (Å²) in [5.74, 6) is 2.39. The summed E-state index contributed by atoms with van der Waals surface area (Å²) in [6, 6.07) is 17.0. The smallest absolute Gasteiger partial charge is 0.260 e. The third-order valence-electron chi connectivity index (χ3n) is 5.06. The van der Waals surface area contributed by atoms with Crippen LogP contribution in [0.1, 0.15) is 19.8 Å². The van der Waals surface area contributed by atoms with Crippen LogP contribution in [0.4, 0.5) is 0 Å². The zero-order valence-electron chi connectivity index (χ0n) is 15.9. The molecule has 1 aliphatic heterocycles. The maximum Gasteiger partial charge on any atom is 0.260 e. The van der Waals surface area contributed by atoms with Crippen LogP contribution in [-0.2, 0) is 4.79 Å². The molecule has 0 unspecified atom stereocenters. The molecular formula is C22H23N3O3. The van der Waals surface area contributed by atoms with E-state index in [-0.39, 0.29) is 12.5 Å². The largest absolute Gasteiger partial charge is 0.484 e. The first-order valence-corrected chi connectivity index (χ1v) is 9.59. The second-order valence-electron chi connectivity index (χ2n) is 7.17. The van der Waals surface area contributed by atoms with E-state index in [4.69, 9.17) is 9.26 Å². The first-order valence-electron chi connectivity index (χ1n) is 9.59. The number of piperidine rings is 1. The lowest BCUT2D eigenvalue weighted by Crippen LogP contribution is -2.40. The van der Waals surface area contributed by atoms with Gasteiger partial charge >= 0.3 is 0 Å². The fourth-order valence-corrected chi connectivity index (χ4v) is 3.23. The summed E-state index contributed by atoms with van der Waals surface area (Å²) in [5, 5.41) is 4.03. The molecule has 4 rings (SSSR count). The molecule has 0 spiro atoms. The van der Waals surface area contributed by atoms with Crippen molar-refractivity contribution in [3.8, 4) is 28.6 Å². The molecular weight excluding hydrogens is 354 g/mol. The van der Waals surface area contributed by atoms with Crippen LogP contribution >= 0.6 is 0 Å². The highest BCUT2D eigenvalue weighted by Gasteiger charge is 2.20. The van der Waals surface area contributed by atoms with E-state index in [0.29, 0.717) is 23.4 Å². The zero-order valence-corrected chi connectivity index (χ0v) is 15.9. The summed E-state index contributed by atoms with van der Waals surface area (Å²) >= 11 is 0. The maximum absolute atomic E-state index is 12.3. The normalized spacial score (nSPS) is 14.8. The van der Waals surface area contributed by atoms with Crippen molar-refractivity contribution in [1.29, 1.82) is 0 Å². The van der Waals surface area contributed by atoms with Crippen molar-refractivity contribution < 1.29 is 14.1 Å². The first kappa shape index (κ1) is 18.2. The molecule has 0 radical (unpaired) electrons. The molecule has 1 fully saturated rings. The molecule has 6 nitrogen and oxygen atoms in total. The Bertz CT molecular complexity index is 914. The first-order chi connectivity index (χ1) is 13.7. The molecule has 0 aliphatic carbocycles. The minimum Gasteiger partial charge on any atom is -0.484 e. The Kier molecular flexibility index (Phi) is 5.37. The van der Waals surface area contributed by atoms with Gasteiger partial charge in [0.2, 0.25) is 5.82 Å². The molecule has 2 aromatic carbocycles. The summed E-state index contributed by atoms with van der Waals surface area (Å²) in [4.78, 5) is 18.6. The number of aromatic nitrogens is 2. The van der Waals surface area contributed by atoms with Crippen LogP contribution in [0.2, 0.25) is 0 Å². The van der Waals surface area contributed by atoms with Gasteiger partial charge in [-0.1, -0.05) is 42.4 Å². The fourth-order valence-electron chi connectivity index (χ4n) is 3.23. The molecule has 1 saturated heterocycles. The Balaban J connectivity index is 1.35. The van der Waals surface area contributed by atoms with Crippen LogP contribution in [0.3, 0.4) is 0 Å². The van der Waals surface area contributed by atoms with Gasteiger partial charge in [0.1, 0.15) is 5.75 Å². The van der Waals surface area contributed by atoms with Gasteiger partial charge in [-0.25, -0.2) is 0 Å². The molecule has 2 heterocycles. The highest BCUT2D eigenvalue weighted by molar-refractivity contribution is 5.77. The molecule has 28 heavy (non-hydrogen) atoms. The van der Waals surface area contributed by atoms with Crippen molar-refractivity contribution in [2.75, 3.05) is 19.7 Å². The maximum atomic E-state index is 12.3. The lowest BCUT2D eigenvalue weighted by molar-refractivity contribution is -0.134. The van der Waals surface area contributed by atoms with Crippen LogP contribution in [-0.4, -0.2) is 40.6 Å². The topological polar surface area (TPSA) is 68.5 Å². The Morgan fingerprint density at radius 2 is 1.79 bits per heavy atom. The van der Waals surface area contributed by atoms with Crippen LogP contribution < -0.4 is 4.74 Å². The van der Waals surface area contributed by atoms with Crippen molar-refractivity contribution in [2.24, 2.45) is 5.92 Å². The average Bonchev–Trinajstić information content (AvgIpc) is 3.24. The summed E-state index contributed by atoms with van der Waals surface area (Å²) < 4.78 is 11.0. The van der Waals surface area contributed by atoms with Crippen molar-refractivity contribution in [3.63, 3.8) is 0 Å². The van der Waals surface area contributed by atoms with E-state index in [1.165, 1.54) is 0 Å². The number of likely N-dealkylation sites (tertiary alicyclic amines) is 1. The highest BCUT2D eigenvalue weighted by Crippen LogP contribution is 2.24. The van der Waals surface area contributed by atoms with E-state index in [0.717, 1.165) is 37.1 Å². The molecule has 1 aliphatic rings. The molecule has 3 aromatic rings. The number of hydrogen-bond donors (Lipinski definition) is 0. The fraction of sp³-hybridized carbons (Fsp3) is 0.318. The van der Waals surface area contributed by atoms with Crippen molar-refractivity contribution in [3.05, 3.63) is 54.6 Å². The van der Waals surface area contributed by atoms with Crippen LogP contribution in [0, 0.1) is 5.92 Å². The van der Waals surface area contributed by atoms with E-state index in [9.17, 15) is 4.79 Å². The van der Waals surface area contributed by atoms with E-state index >= 15 is 0 Å². The number of rotatable bonds is 5. The summed E-state index contributed by atoms with van der Waals surface area (Å²) in [7, 11) is 0. The van der Waals surface area contributed by atoms with Gasteiger partial charge in [0.15, 0.2) is 6.61 Å². The molecule has 1 amide bonds. The molecule has 0 N–H and O–H groups in total. The number of carbonyl (C=O) groups is 1. The molecule has 6 heteroatoms. The molecule has 0 saturated carbocycles. The quantitative estimate of drug-likeness (QED) is 0.671. The van der Waals surface area contributed by atoms with Gasteiger partial charge in [0.25, 0.3) is 11.8 Å². The Morgan fingerprint density at radius 1 is 1.07 bits per heavy atom. The average molecular weight is 377 g/mol. The standard InChI is InChI=1S/C22H23N3O3/c1-16-11-13-25(14-12-16)20(26)15-27-19-9-7-18(8-10-19)22-23-21(24-28-22)17-5-3-2-4-6-17/h2-10,16H,11-15H2,1H3. The molecule has 1 aromatic heterocycles. The predicted molar refractivity (Wildman–Crippen MR) is 106 cm³/mol. The molecule has 0 atom stereocenters. The van der Waals surface area contributed by atoms with Crippen molar-refractivity contribution >= 4 is 5.91 Å². The van der Waals surface area contributed by atoms with E-state index < -0.39 is 0 Å². The van der Waals surface area contributed by atoms with Gasteiger partial charge in [0.05, 0.1) is 0 Å². The van der Waals surface area contributed by atoms with Gasteiger partial charge < -0.3 is 14.2 Å². The van der Waals surface area contributed by atoms with E-state index in [1.807, 2.05) is 59.5 Å². The van der Waals surface area contributed by atoms with Gasteiger partial charge in [-0.2, -0.15) is 4.98 Å². The van der Waals surface area contributed by atoms with Gasteiger partial charge in [0, 0.05) is 24.2 Å². The zero-order chi connectivity index (χ0) is 19.3. The number of amides is 1. The Labute approximate surface area is 164 Å². The summed E-state index contributed by atoms with van der Waals surface area (Å²) in [5.41, 5.74) is 1.71. The summed E-state index contributed by atoms with van der Waals surface area (Å²) in [6.07, 6.45) is 2.13. The van der Waals surface area contributed by atoms with E-state index in [2.05, 4.69) is 17.1 Å². The lowest BCUT2D eigenvalue weighted by atomic mass is 9.99. The van der Waals surface area contributed by atoms with Crippen LogP contribution in [0.5, 0.6) is 5.75 Å². The van der Waals surface area contributed by atoms with Crippen LogP contribution in [0.15, 0.2) is 59.1 Å². The van der Waals surface area contributed by atoms with Gasteiger partial charge in [-0.15, -0.1) is 0 Å². The third kappa shape index (κ3) is 4.22. The second kappa shape index (κ2) is 8.25. The molecule has 0 bridgehead atoms. The number of benzene rings is 2. The van der Waals surface area contributed by atoms with Crippen molar-refractivity contribution in [2.45, 2.75) is 19.8 Å². The number of hydrogen-bond acceptors (Lipinski definition) is 5. The van der Waals surface area contributed by atoms with Crippen LogP contribution in [0.25, 0.3) is 22.8 Å². The number of carbonyl (C=O) groups excluding carboxylic acids is 1. The van der Waals surface area contributed by atoms with Gasteiger partial charge in [-0.05, 0) is 43.0 Å². The minimum atomic E-state index is 0.0420. The summed E-state index contributed by atoms with van der Waals surface area (Å²) in [6.45, 7) is 3.94. The third-order valence-corrected chi connectivity index (χ3v) is 5.06. The highest BCUT2D eigenvalue weighted by atomic mass is 16.5. The number of nitrogens with zero attached hydrogens (tertiary/aromatic N) is 3. The van der Waals surface area contributed by atoms with Gasteiger partial charge in [-0.3, -0.25) is 4.79 Å². The van der Waals surface area contributed by atoms with Crippen molar-refractivity contribution in [1.82, 2.24) is 15.0 Å². The SMILES string of the molecule is CC1CCN(C(=O)COc2ccc(-c3nc(-c4ccccc4)no3)cc2)CC1. The Morgan fingerprint density at radius 3 is 2.50 bits per heavy atom. The Hall–Kier alpha value is -3.15. The monoisotopic (exact) mass is 377 g/mol. The van der Waals surface area contributed by atoms with E-state index in [1.54, 1.807) is 0 Å². The predicted octanol–water partition coefficient (Wildman–Crippen LogP) is 4.04. The molecule has 144 valence electrons. The minimum absolute atomic E-state index is 0.0420. The number of ether oxygens (including phenoxy) is 1.